The van der Waals surface area contributed by atoms with Gasteiger partial charge in [-0.15, -0.1) is 11.3 Å². The lowest BCUT2D eigenvalue weighted by Gasteiger charge is -2.21. The summed E-state index contributed by atoms with van der Waals surface area (Å²) >= 11 is 3.95. The summed E-state index contributed by atoms with van der Waals surface area (Å²) in [5, 5.41) is 0.496. The highest BCUT2D eigenvalue weighted by Gasteiger charge is 2.20. The number of hydrogen-bond acceptors (Lipinski definition) is 3. The second-order valence-corrected chi connectivity index (χ2v) is 7.09. The molecule has 98 valence electrons. The first-order valence-corrected chi connectivity index (χ1v) is 8.49. The molecule has 1 aromatic rings. The molecule has 3 heteroatoms. The van der Waals surface area contributed by atoms with Gasteiger partial charge in [0.05, 0.1) is 5.25 Å². The molecule has 0 fully saturated rings. The Kier molecular flexibility index (Phi) is 7.24. The molecule has 0 bridgehead atoms. The minimum Gasteiger partial charge on any atom is -0.326 e. The van der Waals surface area contributed by atoms with Gasteiger partial charge in [-0.05, 0) is 37.7 Å². The smallest absolute Gasteiger partial charge is 0.0542 e. The van der Waals surface area contributed by atoms with Crippen LogP contribution in [0.5, 0.6) is 0 Å². The van der Waals surface area contributed by atoms with Crippen molar-refractivity contribution >= 4 is 23.1 Å². The molecule has 1 aromatic heterocycles. The zero-order valence-electron chi connectivity index (χ0n) is 11.2. The highest BCUT2D eigenvalue weighted by molar-refractivity contribution is 7.99. The largest absolute Gasteiger partial charge is 0.326 e. The SMILES string of the molecule is CCCCCSC(c1ccc(C)s1)C(N)CC. The van der Waals surface area contributed by atoms with Crippen LogP contribution >= 0.6 is 23.1 Å². The number of nitrogens with two attached hydrogens (primary N) is 1. The van der Waals surface area contributed by atoms with Crippen LogP contribution in [0.2, 0.25) is 0 Å². The predicted molar refractivity (Wildman–Crippen MR) is 82.0 cm³/mol. The van der Waals surface area contributed by atoms with E-state index in [2.05, 4.69) is 32.9 Å². The normalized spacial score (nSPS) is 14.8. The molecule has 17 heavy (non-hydrogen) atoms. The number of thiophene rings is 1. The lowest BCUT2D eigenvalue weighted by atomic mass is 10.1. The highest BCUT2D eigenvalue weighted by Crippen LogP contribution is 2.37. The van der Waals surface area contributed by atoms with E-state index in [1.54, 1.807) is 0 Å². The summed E-state index contributed by atoms with van der Waals surface area (Å²) in [5.74, 6) is 1.24. The lowest BCUT2D eigenvalue weighted by Crippen LogP contribution is -2.25. The topological polar surface area (TPSA) is 26.0 Å². The molecule has 0 aromatic carbocycles. The molecule has 1 nitrogen and oxygen atoms in total. The Balaban J connectivity index is 2.55. The third kappa shape index (κ3) is 5.02. The van der Waals surface area contributed by atoms with Crippen molar-refractivity contribution < 1.29 is 0 Å². The van der Waals surface area contributed by atoms with E-state index in [4.69, 9.17) is 5.73 Å². The molecule has 0 aliphatic rings. The second kappa shape index (κ2) is 8.17. The van der Waals surface area contributed by atoms with Crippen LogP contribution in [-0.4, -0.2) is 11.8 Å². The van der Waals surface area contributed by atoms with Crippen LogP contribution in [-0.2, 0) is 0 Å². The van der Waals surface area contributed by atoms with Gasteiger partial charge in [0.25, 0.3) is 0 Å². The highest BCUT2D eigenvalue weighted by atomic mass is 32.2. The first-order valence-electron chi connectivity index (χ1n) is 6.62. The summed E-state index contributed by atoms with van der Waals surface area (Å²) in [4.78, 5) is 2.85. The van der Waals surface area contributed by atoms with Gasteiger partial charge in [-0.1, -0.05) is 26.7 Å². The van der Waals surface area contributed by atoms with E-state index < -0.39 is 0 Å². The van der Waals surface area contributed by atoms with Gasteiger partial charge >= 0.3 is 0 Å². The van der Waals surface area contributed by atoms with E-state index in [9.17, 15) is 0 Å². The fraction of sp³-hybridized carbons (Fsp3) is 0.714. The minimum atomic E-state index is 0.291. The van der Waals surface area contributed by atoms with Crippen molar-refractivity contribution in [3.05, 3.63) is 21.9 Å². The van der Waals surface area contributed by atoms with E-state index in [1.807, 2.05) is 23.1 Å². The van der Waals surface area contributed by atoms with Gasteiger partial charge in [0, 0.05) is 15.8 Å². The Hall–Kier alpha value is 0.01000. The third-order valence-electron chi connectivity index (χ3n) is 2.95. The Morgan fingerprint density at radius 1 is 1.29 bits per heavy atom. The molecule has 2 N–H and O–H groups in total. The maximum atomic E-state index is 6.26. The number of rotatable bonds is 8. The van der Waals surface area contributed by atoms with Crippen molar-refractivity contribution in [3.8, 4) is 0 Å². The van der Waals surface area contributed by atoms with Gasteiger partial charge in [-0.3, -0.25) is 0 Å². The molecule has 0 aliphatic heterocycles. The molecule has 0 saturated heterocycles. The molecule has 2 atom stereocenters. The second-order valence-electron chi connectivity index (χ2n) is 4.52. The first-order chi connectivity index (χ1) is 8.19. The van der Waals surface area contributed by atoms with Crippen LogP contribution in [0.25, 0.3) is 0 Å². The zero-order chi connectivity index (χ0) is 12.7. The molecule has 0 saturated carbocycles. The Labute approximate surface area is 114 Å². The van der Waals surface area contributed by atoms with Crippen molar-refractivity contribution in [2.24, 2.45) is 5.73 Å². The van der Waals surface area contributed by atoms with Crippen molar-refractivity contribution in [2.45, 2.75) is 57.7 Å². The summed E-state index contributed by atoms with van der Waals surface area (Å²) in [6.45, 7) is 6.61. The average molecular weight is 271 g/mol. The van der Waals surface area contributed by atoms with Gasteiger partial charge in [0.1, 0.15) is 0 Å². The quantitative estimate of drug-likeness (QED) is 0.690. The van der Waals surface area contributed by atoms with Gasteiger partial charge < -0.3 is 5.73 Å². The van der Waals surface area contributed by atoms with Gasteiger partial charge in [0.15, 0.2) is 0 Å². The maximum Gasteiger partial charge on any atom is 0.0542 e. The van der Waals surface area contributed by atoms with Crippen LogP contribution in [0.1, 0.15) is 54.5 Å². The minimum absolute atomic E-state index is 0.291. The summed E-state index contributed by atoms with van der Waals surface area (Å²) in [5.41, 5.74) is 6.26. The zero-order valence-corrected chi connectivity index (χ0v) is 12.9. The van der Waals surface area contributed by atoms with Gasteiger partial charge in [-0.2, -0.15) is 11.8 Å². The summed E-state index contributed by atoms with van der Waals surface area (Å²) in [7, 11) is 0. The molecule has 0 aliphatic carbocycles. The molecular formula is C14H25NS2. The van der Waals surface area contributed by atoms with Crippen molar-refractivity contribution in [2.75, 3.05) is 5.75 Å². The first kappa shape index (κ1) is 15.1. The molecule has 1 rings (SSSR count). The number of thioether (sulfide) groups is 1. The summed E-state index contributed by atoms with van der Waals surface area (Å²) in [6.07, 6.45) is 5.01. The average Bonchev–Trinajstić information content (AvgIpc) is 2.75. The Morgan fingerprint density at radius 2 is 2.06 bits per heavy atom. The van der Waals surface area contributed by atoms with Crippen molar-refractivity contribution in [3.63, 3.8) is 0 Å². The molecular weight excluding hydrogens is 246 g/mol. The number of hydrogen-bond donors (Lipinski definition) is 1. The Morgan fingerprint density at radius 3 is 2.59 bits per heavy atom. The van der Waals surface area contributed by atoms with Crippen LogP contribution in [0.3, 0.4) is 0 Å². The lowest BCUT2D eigenvalue weighted by molar-refractivity contribution is 0.638. The van der Waals surface area contributed by atoms with Crippen LogP contribution < -0.4 is 5.73 Å². The molecule has 2 unspecified atom stereocenters. The van der Waals surface area contributed by atoms with Crippen LogP contribution in [0, 0.1) is 6.92 Å². The van der Waals surface area contributed by atoms with E-state index in [-0.39, 0.29) is 0 Å². The van der Waals surface area contributed by atoms with E-state index >= 15 is 0 Å². The fourth-order valence-electron chi connectivity index (χ4n) is 1.80. The van der Waals surface area contributed by atoms with E-state index in [1.165, 1.54) is 34.8 Å². The molecule has 0 spiro atoms. The van der Waals surface area contributed by atoms with Gasteiger partial charge in [-0.25, -0.2) is 0 Å². The molecule has 1 heterocycles. The summed E-state index contributed by atoms with van der Waals surface area (Å²) in [6, 6.07) is 4.76. The van der Waals surface area contributed by atoms with Crippen molar-refractivity contribution in [1.82, 2.24) is 0 Å². The number of aryl methyl sites for hydroxylation is 1. The standard InChI is InChI=1S/C14H25NS2/c1-4-6-7-10-16-14(12(15)5-2)13-9-8-11(3)17-13/h8-9,12,14H,4-7,10,15H2,1-3H3. The van der Waals surface area contributed by atoms with Gasteiger partial charge in [0.2, 0.25) is 0 Å². The van der Waals surface area contributed by atoms with Crippen molar-refractivity contribution in [1.29, 1.82) is 0 Å². The molecule has 0 radical (unpaired) electrons. The Bertz CT molecular complexity index is 309. The number of unbranched alkanes of at least 4 members (excludes halogenated alkanes) is 2. The van der Waals surface area contributed by atoms with Crippen LogP contribution in [0.15, 0.2) is 12.1 Å². The predicted octanol–water partition coefficient (Wildman–Crippen LogP) is 4.76. The van der Waals surface area contributed by atoms with E-state index in [0.717, 1.165) is 6.42 Å². The summed E-state index contributed by atoms with van der Waals surface area (Å²) < 4.78 is 0. The van der Waals surface area contributed by atoms with Crippen LogP contribution in [0.4, 0.5) is 0 Å². The maximum absolute atomic E-state index is 6.26. The monoisotopic (exact) mass is 271 g/mol. The third-order valence-corrected chi connectivity index (χ3v) is 5.67. The van der Waals surface area contributed by atoms with E-state index in [0.29, 0.717) is 11.3 Å². The fourth-order valence-corrected chi connectivity index (χ4v) is 4.39. The molecule has 0 amide bonds.